The second-order valence-electron chi connectivity index (χ2n) is 5.37. The minimum absolute atomic E-state index is 0.00246. The fourth-order valence-corrected chi connectivity index (χ4v) is 2.65. The van der Waals surface area contributed by atoms with Crippen LogP contribution in [0.1, 0.15) is 0 Å². The molecule has 0 saturated heterocycles. The van der Waals surface area contributed by atoms with Gasteiger partial charge in [0.05, 0.1) is 27.1 Å². The van der Waals surface area contributed by atoms with E-state index in [0.717, 1.165) is 6.08 Å². The van der Waals surface area contributed by atoms with Gasteiger partial charge in [0.2, 0.25) is 5.78 Å². The SMILES string of the molecule is O=C1C=C(O)C(Nc2ccc(O)cc2Cl)=CC1=Nc1ccc(O)cc1Cl. The summed E-state index contributed by atoms with van der Waals surface area (Å²) in [6, 6.07) is 8.45. The first-order valence-electron chi connectivity index (χ1n) is 7.33. The maximum Gasteiger partial charge on any atom is 0.208 e. The monoisotopic (exact) mass is 390 g/mol. The lowest BCUT2D eigenvalue weighted by Crippen LogP contribution is -2.18. The summed E-state index contributed by atoms with van der Waals surface area (Å²) in [4.78, 5) is 16.3. The quantitative estimate of drug-likeness (QED) is 0.456. The molecule has 1 aliphatic rings. The number of ketones is 1. The van der Waals surface area contributed by atoms with E-state index in [0.29, 0.717) is 11.4 Å². The van der Waals surface area contributed by atoms with Gasteiger partial charge in [-0.1, -0.05) is 23.2 Å². The van der Waals surface area contributed by atoms with Crippen molar-refractivity contribution in [2.45, 2.75) is 0 Å². The van der Waals surface area contributed by atoms with Crippen molar-refractivity contribution in [2.24, 2.45) is 4.99 Å². The zero-order valence-corrected chi connectivity index (χ0v) is 14.6. The molecule has 26 heavy (non-hydrogen) atoms. The Bertz CT molecular complexity index is 997. The van der Waals surface area contributed by atoms with E-state index in [-0.39, 0.29) is 38.7 Å². The summed E-state index contributed by atoms with van der Waals surface area (Å²) in [6.07, 6.45) is 2.37. The van der Waals surface area contributed by atoms with Crippen molar-refractivity contribution in [1.82, 2.24) is 0 Å². The number of carbonyl (C=O) groups excluding carboxylic acids is 1. The molecule has 0 spiro atoms. The molecule has 0 amide bonds. The molecule has 6 nitrogen and oxygen atoms in total. The van der Waals surface area contributed by atoms with Crippen molar-refractivity contribution in [3.8, 4) is 11.5 Å². The average Bonchev–Trinajstić information content (AvgIpc) is 2.56. The summed E-state index contributed by atoms with van der Waals surface area (Å²) in [5, 5.41) is 32.1. The minimum atomic E-state index is -0.506. The Labute approximate surface area is 158 Å². The second-order valence-corrected chi connectivity index (χ2v) is 6.19. The highest BCUT2D eigenvalue weighted by Gasteiger charge is 2.20. The number of phenolic OH excluding ortho intramolecular Hbond substituents is 2. The van der Waals surface area contributed by atoms with E-state index in [2.05, 4.69) is 10.3 Å². The van der Waals surface area contributed by atoms with Crippen molar-refractivity contribution >= 4 is 46.1 Å². The van der Waals surface area contributed by atoms with Crippen LogP contribution in [-0.4, -0.2) is 26.8 Å². The maximum absolute atomic E-state index is 12.1. The van der Waals surface area contributed by atoms with E-state index in [9.17, 15) is 20.1 Å². The molecule has 0 atom stereocenters. The molecule has 0 unspecified atom stereocenters. The summed E-state index contributed by atoms with van der Waals surface area (Å²) >= 11 is 12.0. The van der Waals surface area contributed by atoms with Gasteiger partial charge in [0.15, 0.2) is 0 Å². The van der Waals surface area contributed by atoms with Crippen molar-refractivity contribution in [2.75, 3.05) is 5.32 Å². The van der Waals surface area contributed by atoms with Crippen LogP contribution in [0.2, 0.25) is 10.0 Å². The fraction of sp³-hybridized carbons (Fsp3) is 0. The average molecular weight is 391 g/mol. The van der Waals surface area contributed by atoms with Gasteiger partial charge in [0.25, 0.3) is 0 Å². The number of carbonyl (C=O) groups is 1. The number of aliphatic imine (C=N–C) groups is 1. The molecule has 2 aromatic rings. The molecule has 0 bridgehead atoms. The molecular weight excluding hydrogens is 379 g/mol. The maximum atomic E-state index is 12.1. The molecule has 1 aliphatic carbocycles. The predicted molar refractivity (Wildman–Crippen MR) is 101 cm³/mol. The number of aliphatic hydroxyl groups is 1. The third kappa shape index (κ3) is 3.82. The van der Waals surface area contributed by atoms with Crippen LogP contribution < -0.4 is 5.32 Å². The number of halogens is 2. The van der Waals surface area contributed by atoms with Gasteiger partial charge in [-0.15, -0.1) is 0 Å². The number of rotatable bonds is 3. The van der Waals surface area contributed by atoms with E-state index >= 15 is 0 Å². The molecule has 132 valence electrons. The summed E-state index contributed by atoms with van der Waals surface area (Å²) < 4.78 is 0. The largest absolute Gasteiger partial charge is 0.508 e. The fourth-order valence-electron chi connectivity index (χ4n) is 2.21. The molecule has 2 aromatic carbocycles. The van der Waals surface area contributed by atoms with E-state index in [4.69, 9.17) is 23.2 Å². The van der Waals surface area contributed by atoms with Crippen LogP contribution in [0.25, 0.3) is 0 Å². The topological polar surface area (TPSA) is 102 Å². The standard InChI is InChI=1S/C18H12Cl2N2O4/c19-11-5-9(23)1-3-13(11)21-15-7-16(18(26)8-17(15)25)22-14-4-2-10(24)6-12(14)20/h1-8,21,23-25H. The molecular formula is C18H12Cl2N2O4. The number of nitrogens with zero attached hydrogens (tertiary/aromatic N) is 1. The minimum Gasteiger partial charge on any atom is -0.508 e. The number of anilines is 1. The lowest BCUT2D eigenvalue weighted by molar-refractivity contribution is -0.109. The molecule has 0 aliphatic heterocycles. The van der Waals surface area contributed by atoms with Gasteiger partial charge < -0.3 is 20.6 Å². The lowest BCUT2D eigenvalue weighted by atomic mass is 10.1. The van der Waals surface area contributed by atoms with Gasteiger partial charge in [-0.25, -0.2) is 4.99 Å². The van der Waals surface area contributed by atoms with E-state index in [1.807, 2.05) is 0 Å². The molecule has 0 fully saturated rings. The first kappa shape index (κ1) is 17.8. The molecule has 0 radical (unpaired) electrons. The highest BCUT2D eigenvalue weighted by atomic mass is 35.5. The van der Waals surface area contributed by atoms with E-state index < -0.39 is 5.78 Å². The Morgan fingerprint density at radius 3 is 2.19 bits per heavy atom. The summed E-state index contributed by atoms with van der Waals surface area (Å²) in [6.45, 7) is 0. The van der Waals surface area contributed by atoms with Gasteiger partial charge in [-0.3, -0.25) is 4.79 Å². The number of hydrogen-bond acceptors (Lipinski definition) is 6. The summed E-state index contributed by atoms with van der Waals surface area (Å²) in [7, 11) is 0. The van der Waals surface area contributed by atoms with E-state index in [1.54, 1.807) is 0 Å². The van der Waals surface area contributed by atoms with Crippen molar-refractivity contribution < 1.29 is 20.1 Å². The zero-order valence-electron chi connectivity index (χ0n) is 13.1. The van der Waals surface area contributed by atoms with Crippen LogP contribution in [-0.2, 0) is 4.79 Å². The molecule has 0 heterocycles. The van der Waals surface area contributed by atoms with Crippen LogP contribution in [0, 0.1) is 0 Å². The Morgan fingerprint density at radius 2 is 1.54 bits per heavy atom. The van der Waals surface area contributed by atoms with Crippen LogP contribution >= 0.6 is 23.2 Å². The normalized spacial score (nSPS) is 15.6. The highest BCUT2D eigenvalue weighted by Crippen LogP contribution is 2.31. The molecule has 3 rings (SSSR count). The molecule has 0 saturated carbocycles. The highest BCUT2D eigenvalue weighted by molar-refractivity contribution is 6.50. The van der Waals surface area contributed by atoms with Gasteiger partial charge in [-0.05, 0) is 30.3 Å². The number of nitrogens with one attached hydrogen (secondary N) is 1. The number of benzene rings is 2. The first-order valence-corrected chi connectivity index (χ1v) is 8.09. The van der Waals surface area contributed by atoms with Crippen LogP contribution in [0.5, 0.6) is 11.5 Å². The Hall–Kier alpha value is -2.96. The van der Waals surface area contributed by atoms with Crippen LogP contribution in [0.15, 0.2) is 65.0 Å². The number of aliphatic hydroxyl groups excluding tert-OH is 1. The molecule has 4 N–H and O–H groups in total. The lowest BCUT2D eigenvalue weighted by Gasteiger charge is -2.15. The second kappa shape index (κ2) is 7.11. The summed E-state index contributed by atoms with van der Waals surface area (Å²) in [5.74, 6) is -0.812. The first-order chi connectivity index (χ1) is 12.3. The van der Waals surface area contributed by atoms with Crippen molar-refractivity contribution in [1.29, 1.82) is 0 Å². The zero-order chi connectivity index (χ0) is 18.8. The number of allylic oxidation sites excluding steroid dienone is 2. The molecule has 0 aromatic heterocycles. The van der Waals surface area contributed by atoms with E-state index in [1.165, 1.54) is 42.5 Å². The predicted octanol–water partition coefficient (Wildman–Crippen LogP) is 4.50. The van der Waals surface area contributed by atoms with Gasteiger partial charge in [0.1, 0.15) is 23.0 Å². The third-order valence-electron chi connectivity index (χ3n) is 3.47. The van der Waals surface area contributed by atoms with Crippen molar-refractivity contribution in [3.63, 3.8) is 0 Å². The third-order valence-corrected chi connectivity index (χ3v) is 4.09. The van der Waals surface area contributed by atoms with Gasteiger partial charge in [0, 0.05) is 18.2 Å². The Balaban J connectivity index is 1.97. The Kier molecular flexibility index (Phi) is 4.88. The van der Waals surface area contributed by atoms with Gasteiger partial charge >= 0.3 is 0 Å². The number of phenols is 2. The Morgan fingerprint density at radius 1 is 0.885 bits per heavy atom. The number of aromatic hydroxyl groups is 2. The van der Waals surface area contributed by atoms with Crippen molar-refractivity contribution in [3.05, 3.63) is 70.1 Å². The van der Waals surface area contributed by atoms with Crippen LogP contribution in [0.4, 0.5) is 11.4 Å². The smallest absolute Gasteiger partial charge is 0.208 e. The van der Waals surface area contributed by atoms with Crippen LogP contribution in [0.3, 0.4) is 0 Å². The summed E-state index contributed by atoms with van der Waals surface area (Å²) in [5.41, 5.74) is 0.950. The number of hydrogen-bond donors (Lipinski definition) is 4. The molecule has 8 heteroatoms. The van der Waals surface area contributed by atoms with Gasteiger partial charge in [-0.2, -0.15) is 0 Å².